The van der Waals surface area contributed by atoms with Crippen molar-refractivity contribution in [1.29, 1.82) is 0 Å². The number of thiazole rings is 1. The summed E-state index contributed by atoms with van der Waals surface area (Å²) in [7, 11) is 0. The molecule has 0 radical (unpaired) electrons. The van der Waals surface area contributed by atoms with Crippen molar-refractivity contribution in [3.05, 3.63) is 10.6 Å². The lowest BCUT2D eigenvalue weighted by Crippen LogP contribution is -2.30. The number of ether oxygens (including phenoxy) is 1. The third-order valence-electron chi connectivity index (χ3n) is 3.70. The van der Waals surface area contributed by atoms with Crippen molar-refractivity contribution < 1.29 is 4.74 Å². The summed E-state index contributed by atoms with van der Waals surface area (Å²) < 4.78 is 5.70. The Morgan fingerprint density at radius 1 is 1.58 bits per heavy atom. The molecule has 108 valence electrons. The van der Waals surface area contributed by atoms with Gasteiger partial charge in [-0.05, 0) is 25.7 Å². The topological polar surface area (TPSA) is 51.4 Å². The summed E-state index contributed by atoms with van der Waals surface area (Å²) >= 11 is 1.76. The third kappa shape index (κ3) is 3.46. The molecule has 1 aromatic heterocycles. The summed E-state index contributed by atoms with van der Waals surface area (Å²) in [6.07, 6.45) is 2.45. The molecule has 2 heterocycles. The maximum absolute atomic E-state index is 5.87. The van der Waals surface area contributed by atoms with Crippen LogP contribution in [0.15, 0.2) is 0 Å². The fourth-order valence-electron chi connectivity index (χ4n) is 2.38. The van der Waals surface area contributed by atoms with Crippen LogP contribution in [-0.2, 0) is 11.3 Å². The second-order valence-electron chi connectivity index (χ2n) is 5.30. The van der Waals surface area contributed by atoms with Gasteiger partial charge in [0, 0.05) is 31.1 Å². The summed E-state index contributed by atoms with van der Waals surface area (Å²) in [5.74, 6) is 0.490. The van der Waals surface area contributed by atoms with Crippen LogP contribution in [-0.4, -0.2) is 30.8 Å². The van der Waals surface area contributed by atoms with E-state index in [1.807, 2.05) is 0 Å². The van der Waals surface area contributed by atoms with Gasteiger partial charge in [-0.3, -0.25) is 0 Å². The van der Waals surface area contributed by atoms with Crippen LogP contribution in [0.1, 0.15) is 50.1 Å². The van der Waals surface area contributed by atoms with Gasteiger partial charge in [0.1, 0.15) is 0 Å². The molecule has 1 saturated heterocycles. The molecule has 1 aliphatic rings. The molecule has 4 nitrogen and oxygen atoms in total. The first-order valence-corrected chi connectivity index (χ1v) is 8.03. The molecular weight excluding hydrogens is 258 g/mol. The maximum atomic E-state index is 5.87. The van der Waals surface area contributed by atoms with E-state index in [2.05, 4.69) is 25.7 Å². The van der Waals surface area contributed by atoms with E-state index in [1.165, 1.54) is 10.6 Å². The summed E-state index contributed by atoms with van der Waals surface area (Å²) in [5.41, 5.74) is 7.07. The number of aromatic nitrogens is 1. The quantitative estimate of drug-likeness (QED) is 0.923. The maximum Gasteiger partial charge on any atom is 0.185 e. The van der Waals surface area contributed by atoms with Gasteiger partial charge in [0.15, 0.2) is 5.13 Å². The van der Waals surface area contributed by atoms with E-state index < -0.39 is 0 Å². The SMILES string of the molecule is CCC(C)c1nc(N2CCCOC(C)C2)sc1CN. The minimum atomic E-state index is 0.278. The Labute approximate surface area is 120 Å². The van der Waals surface area contributed by atoms with E-state index in [-0.39, 0.29) is 6.10 Å². The Morgan fingerprint density at radius 3 is 3.05 bits per heavy atom. The van der Waals surface area contributed by atoms with Crippen LogP contribution in [0.5, 0.6) is 0 Å². The molecule has 0 amide bonds. The number of nitrogens with zero attached hydrogens (tertiary/aromatic N) is 2. The number of nitrogens with two attached hydrogens (primary N) is 1. The Morgan fingerprint density at radius 2 is 2.37 bits per heavy atom. The van der Waals surface area contributed by atoms with Gasteiger partial charge in [-0.1, -0.05) is 13.8 Å². The van der Waals surface area contributed by atoms with Gasteiger partial charge < -0.3 is 15.4 Å². The molecule has 2 unspecified atom stereocenters. The van der Waals surface area contributed by atoms with Gasteiger partial charge in [-0.15, -0.1) is 11.3 Å². The average molecular weight is 283 g/mol. The van der Waals surface area contributed by atoms with Crippen LogP contribution >= 0.6 is 11.3 Å². The molecule has 1 aromatic rings. The van der Waals surface area contributed by atoms with Crippen LogP contribution < -0.4 is 10.6 Å². The monoisotopic (exact) mass is 283 g/mol. The third-order valence-corrected chi connectivity index (χ3v) is 4.86. The highest BCUT2D eigenvalue weighted by atomic mass is 32.1. The minimum Gasteiger partial charge on any atom is -0.377 e. The van der Waals surface area contributed by atoms with Crippen LogP contribution in [0.4, 0.5) is 5.13 Å². The molecule has 1 aliphatic heterocycles. The first-order valence-electron chi connectivity index (χ1n) is 7.21. The van der Waals surface area contributed by atoms with E-state index in [0.717, 1.165) is 37.7 Å². The molecule has 2 rings (SSSR count). The number of rotatable bonds is 4. The smallest absolute Gasteiger partial charge is 0.185 e. The van der Waals surface area contributed by atoms with Crippen molar-refractivity contribution in [2.24, 2.45) is 5.73 Å². The standard InChI is InChI=1S/C14H25N3OS/c1-4-10(2)13-12(8-15)19-14(16-13)17-6-5-7-18-11(3)9-17/h10-11H,4-9,15H2,1-3H3. The van der Waals surface area contributed by atoms with E-state index in [1.54, 1.807) is 11.3 Å². The zero-order chi connectivity index (χ0) is 13.8. The average Bonchev–Trinajstić information content (AvgIpc) is 2.74. The highest BCUT2D eigenvalue weighted by Gasteiger charge is 2.21. The molecule has 5 heteroatoms. The summed E-state index contributed by atoms with van der Waals surface area (Å²) in [5, 5.41) is 1.12. The van der Waals surface area contributed by atoms with Gasteiger partial charge in [-0.2, -0.15) is 0 Å². The van der Waals surface area contributed by atoms with Crippen molar-refractivity contribution in [2.75, 3.05) is 24.6 Å². The number of hydrogen-bond acceptors (Lipinski definition) is 5. The molecule has 19 heavy (non-hydrogen) atoms. The van der Waals surface area contributed by atoms with E-state index in [4.69, 9.17) is 15.5 Å². The van der Waals surface area contributed by atoms with Crippen LogP contribution in [0.2, 0.25) is 0 Å². The number of hydrogen-bond donors (Lipinski definition) is 1. The lowest BCUT2D eigenvalue weighted by Gasteiger charge is -2.21. The molecule has 2 atom stereocenters. The second kappa shape index (κ2) is 6.68. The van der Waals surface area contributed by atoms with Crippen molar-refractivity contribution in [2.45, 2.75) is 52.2 Å². The predicted molar refractivity (Wildman–Crippen MR) is 81.0 cm³/mol. The highest BCUT2D eigenvalue weighted by molar-refractivity contribution is 7.15. The molecular formula is C14H25N3OS. The van der Waals surface area contributed by atoms with Gasteiger partial charge in [-0.25, -0.2) is 4.98 Å². The van der Waals surface area contributed by atoms with Crippen molar-refractivity contribution in [1.82, 2.24) is 4.98 Å². The zero-order valence-electron chi connectivity index (χ0n) is 12.2. The summed E-state index contributed by atoms with van der Waals surface area (Å²) in [4.78, 5) is 8.45. The number of anilines is 1. The van der Waals surface area contributed by atoms with Crippen molar-refractivity contribution in [3.63, 3.8) is 0 Å². The Kier molecular flexibility index (Phi) is 5.19. The zero-order valence-corrected chi connectivity index (χ0v) is 13.0. The molecule has 1 fully saturated rings. The van der Waals surface area contributed by atoms with E-state index >= 15 is 0 Å². The molecule has 2 N–H and O–H groups in total. The van der Waals surface area contributed by atoms with E-state index in [9.17, 15) is 0 Å². The van der Waals surface area contributed by atoms with Crippen LogP contribution in [0.3, 0.4) is 0 Å². The normalized spacial score (nSPS) is 22.3. The predicted octanol–water partition coefficient (Wildman–Crippen LogP) is 2.73. The highest BCUT2D eigenvalue weighted by Crippen LogP contribution is 2.32. The molecule has 0 aromatic carbocycles. The van der Waals surface area contributed by atoms with Crippen LogP contribution in [0.25, 0.3) is 0 Å². The molecule has 0 aliphatic carbocycles. The lowest BCUT2D eigenvalue weighted by molar-refractivity contribution is 0.0821. The van der Waals surface area contributed by atoms with E-state index in [0.29, 0.717) is 12.5 Å². The van der Waals surface area contributed by atoms with Gasteiger partial charge in [0.25, 0.3) is 0 Å². The van der Waals surface area contributed by atoms with Gasteiger partial charge in [0.05, 0.1) is 11.8 Å². The minimum absolute atomic E-state index is 0.278. The van der Waals surface area contributed by atoms with Crippen molar-refractivity contribution in [3.8, 4) is 0 Å². The Hall–Kier alpha value is -0.650. The Bertz CT molecular complexity index is 407. The fourth-order valence-corrected chi connectivity index (χ4v) is 3.47. The molecule has 0 saturated carbocycles. The molecule has 0 spiro atoms. The lowest BCUT2D eigenvalue weighted by atomic mass is 10.0. The van der Waals surface area contributed by atoms with Gasteiger partial charge >= 0.3 is 0 Å². The first kappa shape index (κ1) is 14.8. The molecule has 0 bridgehead atoms. The summed E-state index contributed by atoms with van der Waals surface area (Å²) in [6, 6.07) is 0. The van der Waals surface area contributed by atoms with Crippen molar-refractivity contribution >= 4 is 16.5 Å². The largest absolute Gasteiger partial charge is 0.377 e. The summed E-state index contributed by atoms with van der Waals surface area (Å²) in [6.45, 7) is 9.96. The van der Waals surface area contributed by atoms with Gasteiger partial charge in [0.2, 0.25) is 0 Å². The van der Waals surface area contributed by atoms with Crippen LogP contribution in [0, 0.1) is 0 Å². The Balaban J connectivity index is 2.21. The first-order chi connectivity index (χ1) is 9.15. The second-order valence-corrected chi connectivity index (χ2v) is 6.36. The fraction of sp³-hybridized carbons (Fsp3) is 0.786.